The van der Waals surface area contributed by atoms with Crippen molar-refractivity contribution in [2.75, 3.05) is 54.5 Å². The summed E-state index contributed by atoms with van der Waals surface area (Å²) in [5.41, 5.74) is 4.10. The lowest BCUT2D eigenvalue weighted by Crippen LogP contribution is -2.45. The SMILES string of the molecule is COC(=O)[C@@H]1C[C@H](N(C)CCCc2ccccc2)CN1C(=O)C(c1ccccc1)C1CCCCC1.COC(=O)[C@@H]1C[C@H](N(C)CCCc2ccccc2)CN1C(=O)OC(C)(C)C.O=C(O)C(c1ccccc1)C1CCCCC1. The van der Waals surface area contributed by atoms with E-state index in [4.69, 9.17) is 14.2 Å². The van der Waals surface area contributed by atoms with E-state index in [0.29, 0.717) is 37.8 Å². The van der Waals surface area contributed by atoms with Crippen molar-refractivity contribution >= 4 is 29.9 Å². The summed E-state index contributed by atoms with van der Waals surface area (Å²) in [7, 11) is 6.95. The summed E-state index contributed by atoms with van der Waals surface area (Å²) in [4.78, 5) is 70.9. The maximum absolute atomic E-state index is 14.1. The molecule has 2 aliphatic carbocycles. The van der Waals surface area contributed by atoms with Crippen LogP contribution < -0.4 is 0 Å². The number of rotatable bonds is 18. The van der Waals surface area contributed by atoms with Crippen molar-refractivity contribution in [1.29, 1.82) is 0 Å². The number of aliphatic carboxylic acids is 1. The van der Waals surface area contributed by atoms with Crippen molar-refractivity contribution in [2.24, 2.45) is 11.8 Å². The lowest BCUT2D eigenvalue weighted by molar-refractivity contribution is -0.152. The molecule has 2 amide bonds. The maximum Gasteiger partial charge on any atom is 0.411 e. The van der Waals surface area contributed by atoms with Crippen molar-refractivity contribution in [1.82, 2.24) is 19.6 Å². The van der Waals surface area contributed by atoms with Gasteiger partial charge >= 0.3 is 24.0 Å². The van der Waals surface area contributed by atoms with E-state index >= 15 is 0 Å². The molecule has 0 radical (unpaired) electrons. The van der Waals surface area contributed by atoms with Crippen LogP contribution in [0.25, 0.3) is 0 Å². The highest BCUT2D eigenvalue weighted by Gasteiger charge is 2.46. The summed E-state index contributed by atoms with van der Waals surface area (Å²) in [6, 6.07) is 39.9. The van der Waals surface area contributed by atoms with Crippen LogP contribution in [-0.2, 0) is 46.2 Å². The first-order valence-electron chi connectivity index (χ1n) is 28.8. The highest BCUT2D eigenvalue weighted by atomic mass is 16.6. The van der Waals surface area contributed by atoms with Gasteiger partial charge in [-0.3, -0.25) is 14.5 Å². The zero-order valence-electron chi connectivity index (χ0n) is 47.8. The number of carboxylic acid groups (broad SMARTS) is 1. The van der Waals surface area contributed by atoms with Gasteiger partial charge in [0, 0.05) is 25.2 Å². The van der Waals surface area contributed by atoms with Crippen molar-refractivity contribution in [3.05, 3.63) is 144 Å². The first kappa shape index (κ1) is 61.2. The number of likely N-dealkylation sites (tertiary alicyclic amines) is 2. The fraction of sp³-hybridized carbons (Fsp3) is 0.554. The number of carbonyl (C=O) groups is 5. The number of likely N-dealkylation sites (N-methyl/N-ethyl adjacent to an activating group) is 2. The molecular formula is C65H90N4O9. The normalized spacial score (nSPS) is 20.6. The molecule has 2 saturated heterocycles. The number of benzene rings is 4. The number of hydrogen-bond acceptors (Lipinski definition) is 10. The Morgan fingerprint density at radius 3 is 1.32 bits per heavy atom. The molecule has 0 spiro atoms. The van der Waals surface area contributed by atoms with Crippen LogP contribution in [0.4, 0.5) is 4.79 Å². The Hall–Kier alpha value is -6.05. The average molecular weight is 1070 g/mol. The largest absolute Gasteiger partial charge is 0.481 e. The molecule has 0 bridgehead atoms. The van der Waals surface area contributed by atoms with Crippen molar-refractivity contribution in [3.8, 4) is 0 Å². The summed E-state index contributed by atoms with van der Waals surface area (Å²) in [5, 5.41) is 9.38. The first-order valence-corrected chi connectivity index (χ1v) is 28.8. The number of carbonyl (C=O) groups excluding carboxylic acids is 4. The topological polar surface area (TPSA) is 146 Å². The van der Waals surface area contributed by atoms with Gasteiger partial charge in [0.15, 0.2) is 0 Å². The summed E-state index contributed by atoms with van der Waals surface area (Å²) >= 11 is 0. The van der Waals surface area contributed by atoms with Crippen LogP contribution in [0.2, 0.25) is 0 Å². The molecule has 4 aromatic carbocycles. The molecule has 2 saturated carbocycles. The monoisotopic (exact) mass is 1070 g/mol. The third-order valence-electron chi connectivity index (χ3n) is 16.4. The van der Waals surface area contributed by atoms with E-state index < -0.39 is 29.7 Å². The highest BCUT2D eigenvalue weighted by Crippen LogP contribution is 2.40. The van der Waals surface area contributed by atoms with Crippen LogP contribution in [-0.4, -0.2) is 139 Å². The molecule has 13 heteroatoms. The smallest absolute Gasteiger partial charge is 0.411 e. The first-order chi connectivity index (χ1) is 37.6. The number of hydrogen-bond donors (Lipinski definition) is 1. The number of nitrogens with zero attached hydrogens (tertiary/aromatic N) is 4. The Bertz CT molecular complexity index is 2430. The Labute approximate surface area is 466 Å². The Morgan fingerprint density at radius 2 is 0.923 bits per heavy atom. The Balaban J connectivity index is 0.000000202. The zero-order valence-corrected chi connectivity index (χ0v) is 47.8. The molecule has 4 aromatic rings. The number of aryl methyl sites for hydroxylation is 2. The fourth-order valence-corrected chi connectivity index (χ4v) is 12.1. The maximum atomic E-state index is 14.1. The summed E-state index contributed by atoms with van der Waals surface area (Å²) in [5.74, 6) is -1.09. The van der Waals surface area contributed by atoms with E-state index in [1.165, 1.54) is 68.8 Å². The van der Waals surface area contributed by atoms with Gasteiger partial charge < -0.3 is 34.0 Å². The van der Waals surface area contributed by atoms with Crippen molar-refractivity contribution in [3.63, 3.8) is 0 Å². The van der Waals surface area contributed by atoms with E-state index in [2.05, 4.69) is 77.5 Å². The number of carboxylic acids is 1. The third-order valence-corrected chi connectivity index (χ3v) is 16.4. The van der Waals surface area contributed by atoms with Gasteiger partial charge in [-0.15, -0.1) is 0 Å². The van der Waals surface area contributed by atoms with Gasteiger partial charge in [0.05, 0.1) is 26.1 Å². The van der Waals surface area contributed by atoms with Crippen LogP contribution in [0.3, 0.4) is 0 Å². The van der Waals surface area contributed by atoms with Gasteiger partial charge in [0.25, 0.3) is 0 Å². The van der Waals surface area contributed by atoms with Gasteiger partial charge in [0.1, 0.15) is 17.7 Å². The van der Waals surface area contributed by atoms with Gasteiger partial charge in [-0.2, -0.15) is 0 Å². The Kier molecular flexibility index (Phi) is 24.3. The van der Waals surface area contributed by atoms with E-state index in [1.54, 1.807) is 0 Å². The van der Waals surface area contributed by atoms with E-state index in [1.807, 2.05) is 93.4 Å². The molecule has 1 N–H and O–H groups in total. The summed E-state index contributed by atoms with van der Waals surface area (Å²) in [6.45, 7) is 8.34. The molecule has 13 nitrogen and oxygen atoms in total. The number of ether oxygens (including phenoxy) is 3. The van der Waals surface area contributed by atoms with Crippen molar-refractivity contribution in [2.45, 2.75) is 165 Å². The number of methoxy groups -OCH3 is 2. The van der Waals surface area contributed by atoms with Gasteiger partial charge in [-0.25, -0.2) is 14.4 Å². The van der Waals surface area contributed by atoms with E-state index in [9.17, 15) is 29.1 Å². The zero-order chi connectivity index (χ0) is 56.0. The van der Waals surface area contributed by atoms with Crippen LogP contribution in [0.15, 0.2) is 121 Å². The predicted molar refractivity (Wildman–Crippen MR) is 307 cm³/mol. The lowest BCUT2D eigenvalue weighted by atomic mass is 9.76. The van der Waals surface area contributed by atoms with Crippen LogP contribution >= 0.6 is 0 Å². The second-order valence-electron chi connectivity index (χ2n) is 23.0. The fourth-order valence-electron chi connectivity index (χ4n) is 12.1. The predicted octanol–water partition coefficient (Wildman–Crippen LogP) is 11.6. The minimum Gasteiger partial charge on any atom is -0.481 e. The van der Waals surface area contributed by atoms with E-state index in [-0.39, 0.29) is 41.8 Å². The number of amides is 2. The molecular weight excluding hydrogens is 981 g/mol. The minimum atomic E-state index is -0.668. The lowest BCUT2D eigenvalue weighted by Gasteiger charge is -2.34. The van der Waals surface area contributed by atoms with E-state index in [0.717, 1.165) is 75.6 Å². The molecule has 2 aliphatic heterocycles. The average Bonchev–Trinajstić information content (AvgIpc) is 4.18. The van der Waals surface area contributed by atoms with Gasteiger partial charge in [-0.05, 0) is 146 Å². The minimum absolute atomic E-state index is 0.0960. The Morgan fingerprint density at radius 1 is 0.551 bits per heavy atom. The molecule has 6 atom stereocenters. The van der Waals surface area contributed by atoms with Crippen molar-refractivity contribution < 1.29 is 43.3 Å². The van der Waals surface area contributed by atoms with Crippen LogP contribution in [0.1, 0.15) is 145 Å². The number of esters is 2. The summed E-state index contributed by atoms with van der Waals surface area (Å²) < 4.78 is 15.5. The second-order valence-corrected chi connectivity index (χ2v) is 23.0. The molecule has 4 aliphatic rings. The molecule has 0 aromatic heterocycles. The second kappa shape index (κ2) is 30.9. The molecule has 424 valence electrons. The van der Waals surface area contributed by atoms with Crippen LogP contribution in [0, 0.1) is 11.8 Å². The quantitative estimate of drug-likeness (QED) is 0.0750. The summed E-state index contributed by atoms with van der Waals surface area (Å²) in [6.07, 6.45) is 16.3. The van der Waals surface area contributed by atoms with Gasteiger partial charge in [-0.1, -0.05) is 160 Å². The molecule has 78 heavy (non-hydrogen) atoms. The third kappa shape index (κ3) is 18.3. The van der Waals surface area contributed by atoms with Crippen LogP contribution in [0.5, 0.6) is 0 Å². The molecule has 2 heterocycles. The molecule has 4 fully saturated rings. The molecule has 2 unspecified atom stereocenters. The molecule has 8 rings (SSSR count). The van der Waals surface area contributed by atoms with Gasteiger partial charge in [0.2, 0.25) is 5.91 Å². The highest BCUT2D eigenvalue weighted by molar-refractivity contribution is 5.90. The standard InChI is InChI=1S/C30H40N2O3.C21H32N2O4.C14H18O2/c1-31(20-12-15-23-13-6-3-7-14-23)26-21-27(30(34)35-2)32(22-26)29(33)28(24-16-8-4-9-17-24)25-18-10-5-11-19-25;1-21(2,3)27-20(25)23-15-17(14-18(23)19(24)26-5)22(4)13-9-12-16-10-7-6-8-11-16;15-14(16)13(11-7-3-1-4-8-11)12-9-5-2-6-10-12/h3-4,6-9,13-14,16-17,25-28H,5,10-12,15,18-22H2,1-2H3;6-8,10-11,17-18H,9,12-15H2,1-5H3;1,3-4,7-8,12-13H,2,5-6,9-10H2,(H,15,16)/t26-,27-,28?;17-,18-;/m00./s1.